The van der Waals surface area contributed by atoms with Crippen LogP contribution in [0.15, 0.2) is 30.6 Å². The second kappa shape index (κ2) is 4.37. The Kier molecular flexibility index (Phi) is 3.06. The van der Waals surface area contributed by atoms with Crippen LogP contribution in [0.25, 0.3) is 0 Å². The molecule has 0 amide bonds. The Bertz CT molecular complexity index is 522. The Morgan fingerprint density at radius 2 is 1.94 bits per heavy atom. The molecule has 0 radical (unpaired) electrons. The van der Waals surface area contributed by atoms with Crippen molar-refractivity contribution in [1.82, 2.24) is 14.8 Å². The van der Waals surface area contributed by atoms with Crippen molar-refractivity contribution in [3.63, 3.8) is 0 Å². The minimum atomic E-state index is -4.38. The second-order valence-corrected chi connectivity index (χ2v) is 3.72. The summed E-state index contributed by atoms with van der Waals surface area (Å²) in [7, 11) is 0. The van der Waals surface area contributed by atoms with Crippen LogP contribution >= 0.6 is 11.6 Å². The Morgan fingerprint density at radius 3 is 2.53 bits per heavy atom. The minimum absolute atomic E-state index is 0.0124. The minimum Gasteiger partial charge on any atom is -0.300 e. The number of aromatic nitrogens is 3. The van der Waals surface area contributed by atoms with E-state index in [9.17, 15) is 13.2 Å². The van der Waals surface area contributed by atoms with Gasteiger partial charge in [-0.15, -0.1) is 10.2 Å². The number of hydrogen-bond acceptors (Lipinski definition) is 2. The van der Waals surface area contributed by atoms with E-state index in [1.165, 1.54) is 23.0 Å². The van der Waals surface area contributed by atoms with Crippen molar-refractivity contribution in [1.29, 1.82) is 0 Å². The van der Waals surface area contributed by atoms with Gasteiger partial charge in [-0.3, -0.25) is 4.57 Å². The van der Waals surface area contributed by atoms with Crippen molar-refractivity contribution in [3.05, 3.63) is 47.0 Å². The monoisotopic (exact) mass is 261 g/mol. The topological polar surface area (TPSA) is 30.7 Å². The van der Waals surface area contributed by atoms with Gasteiger partial charge in [0, 0.05) is 0 Å². The maximum absolute atomic E-state index is 12.7. The van der Waals surface area contributed by atoms with Crippen LogP contribution in [0, 0.1) is 0 Å². The Labute approximate surface area is 99.8 Å². The number of hydrogen-bond donors (Lipinski definition) is 0. The number of nitrogens with zero attached hydrogens (tertiary/aromatic N) is 3. The van der Waals surface area contributed by atoms with E-state index in [-0.39, 0.29) is 17.4 Å². The second-order valence-electron chi connectivity index (χ2n) is 3.38. The first-order valence-corrected chi connectivity index (χ1v) is 5.04. The quantitative estimate of drug-likeness (QED) is 0.832. The predicted molar refractivity (Wildman–Crippen MR) is 55.6 cm³/mol. The Hall–Kier alpha value is -1.56. The summed E-state index contributed by atoms with van der Waals surface area (Å²) in [5.41, 5.74) is -0.550. The van der Waals surface area contributed by atoms with Gasteiger partial charge in [-0.1, -0.05) is 18.2 Å². The molecular weight excluding hydrogens is 255 g/mol. The summed E-state index contributed by atoms with van der Waals surface area (Å²) < 4.78 is 39.5. The van der Waals surface area contributed by atoms with Gasteiger partial charge in [-0.05, 0) is 23.2 Å². The highest BCUT2D eigenvalue weighted by molar-refractivity contribution is 6.28. The molecule has 0 fully saturated rings. The molecule has 7 heteroatoms. The fourth-order valence-corrected chi connectivity index (χ4v) is 1.61. The number of halogens is 4. The molecule has 2 rings (SSSR count). The molecular formula is C10H7ClF3N3. The van der Waals surface area contributed by atoms with E-state index < -0.39 is 11.7 Å². The van der Waals surface area contributed by atoms with Gasteiger partial charge in [0.1, 0.15) is 6.33 Å². The van der Waals surface area contributed by atoms with Crippen LogP contribution < -0.4 is 0 Å². The lowest BCUT2D eigenvalue weighted by molar-refractivity contribution is -0.138. The maximum Gasteiger partial charge on any atom is 0.416 e. The third kappa shape index (κ3) is 2.58. The van der Waals surface area contributed by atoms with E-state index >= 15 is 0 Å². The molecule has 1 heterocycles. The highest BCUT2D eigenvalue weighted by Gasteiger charge is 2.32. The van der Waals surface area contributed by atoms with Crippen LogP contribution in [0.4, 0.5) is 13.2 Å². The molecule has 17 heavy (non-hydrogen) atoms. The van der Waals surface area contributed by atoms with Crippen LogP contribution in [0.2, 0.25) is 5.28 Å². The Balaban J connectivity index is 2.37. The van der Waals surface area contributed by atoms with E-state index in [2.05, 4.69) is 10.2 Å². The molecule has 1 aromatic carbocycles. The zero-order valence-corrected chi connectivity index (χ0v) is 9.20. The van der Waals surface area contributed by atoms with Gasteiger partial charge in [0.15, 0.2) is 0 Å². The average molecular weight is 262 g/mol. The van der Waals surface area contributed by atoms with Crippen LogP contribution in [0.1, 0.15) is 11.1 Å². The predicted octanol–water partition coefficient (Wildman–Crippen LogP) is 3.00. The van der Waals surface area contributed by atoms with E-state index in [1.807, 2.05) is 0 Å². The van der Waals surface area contributed by atoms with Crippen molar-refractivity contribution in [3.8, 4) is 0 Å². The summed E-state index contributed by atoms with van der Waals surface area (Å²) in [5, 5.41) is 7.07. The molecule has 90 valence electrons. The van der Waals surface area contributed by atoms with Gasteiger partial charge < -0.3 is 0 Å². The zero-order chi connectivity index (χ0) is 12.5. The largest absolute Gasteiger partial charge is 0.416 e. The molecule has 0 aliphatic carbocycles. The van der Waals surface area contributed by atoms with Gasteiger partial charge in [0.2, 0.25) is 5.28 Å². The fraction of sp³-hybridized carbons (Fsp3) is 0.200. The zero-order valence-electron chi connectivity index (χ0n) is 8.45. The molecule has 0 saturated heterocycles. The SMILES string of the molecule is FC(F)(F)c1ccccc1Cn1cnnc1Cl. The highest BCUT2D eigenvalue weighted by Crippen LogP contribution is 2.32. The molecule has 3 nitrogen and oxygen atoms in total. The summed E-state index contributed by atoms with van der Waals surface area (Å²) in [5.74, 6) is 0. The summed E-state index contributed by atoms with van der Waals surface area (Å²) in [6, 6.07) is 5.33. The smallest absolute Gasteiger partial charge is 0.300 e. The van der Waals surface area contributed by atoms with Crippen molar-refractivity contribution >= 4 is 11.6 Å². The van der Waals surface area contributed by atoms with Gasteiger partial charge in [-0.25, -0.2) is 0 Å². The third-order valence-corrected chi connectivity index (χ3v) is 2.52. The molecule has 2 aromatic rings. The van der Waals surface area contributed by atoms with Crippen molar-refractivity contribution in [2.45, 2.75) is 12.7 Å². The van der Waals surface area contributed by atoms with E-state index in [0.717, 1.165) is 6.07 Å². The average Bonchev–Trinajstić information content (AvgIpc) is 2.64. The molecule has 1 aromatic heterocycles. The van der Waals surface area contributed by atoms with Gasteiger partial charge in [-0.2, -0.15) is 13.2 Å². The standard InChI is InChI=1S/C10H7ClF3N3/c11-9-16-15-6-17(9)5-7-3-1-2-4-8(7)10(12,13)14/h1-4,6H,5H2. The molecule has 0 bridgehead atoms. The number of benzene rings is 1. The van der Waals surface area contributed by atoms with Crippen LogP contribution in [0.3, 0.4) is 0 Å². The molecule has 0 N–H and O–H groups in total. The lowest BCUT2D eigenvalue weighted by atomic mass is 10.1. The highest BCUT2D eigenvalue weighted by atomic mass is 35.5. The van der Waals surface area contributed by atoms with E-state index in [1.54, 1.807) is 6.07 Å². The number of alkyl halides is 3. The van der Waals surface area contributed by atoms with Gasteiger partial charge in [0.25, 0.3) is 0 Å². The summed E-state index contributed by atoms with van der Waals surface area (Å²) in [4.78, 5) is 0. The van der Waals surface area contributed by atoms with Crippen LogP contribution in [0.5, 0.6) is 0 Å². The van der Waals surface area contributed by atoms with Crippen LogP contribution in [-0.2, 0) is 12.7 Å². The van der Waals surface area contributed by atoms with E-state index in [0.29, 0.717) is 0 Å². The van der Waals surface area contributed by atoms with Gasteiger partial charge >= 0.3 is 6.18 Å². The summed E-state index contributed by atoms with van der Waals surface area (Å²) >= 11 is 5.66. The summed E-state index contributed by atoms with van der Waals surface area (Å²) in [6.07, 6.45) is -3.09. The molecule has 0 saturated carbocycles. The van der Waals surface area contributed by atoms with Gasteiger partial charge in [0.05, 0.1) is 12.1 Å². The van der Waals surface area contributed by atoms with Crippen LogP contribution in [-0.4, -0.2) is 14.8 Å². The molecule has 0 unspecified atom stereocenters. The fourth-order valence-electron chi connectivity index (χ4n) is 1.47. The first kappa shape index (κ1) is 11.9. The maximum atomic E-state index is 12.7. The Morgan fingerprint density at radius 1 is 1.24 bits per heavy atom. The molecule has 0 aliphatic heterocycles. The lowest BCUT2D eigenvalue weighted by Gasteiger charge is -2.12. The van der Waals surface area contributed by atoms with Crippen molar-refractivity contribution < 1.29 is 13.2 Å². The summed E-state index contributed by atoms with van der Waals surface area (Å²) in [6.45, 7) is -0.0124. The normalized spacial score (nSPS) is 11.8. The molecule has 0 spiro atoms. The molecule has 0 atom stereocenters. The van der Waals surface area contributed by atoms with Crippen molar-refractivity contribution in [2.75, 3.05) is 0 Å². The molecule has 0 aliphatic rings. The van der Waals surface area contributed by atoms with Crippen molar-refractivity contribution in [2.24, 2.45) is 0 Å². The third-order valence-electron chi connectivity index (χ3n) is 2.23. The number of rotatable bonds is 2. The first-order chi connectivity index (χ1) is 7.98. The lowest BCUT2D eigenvalue weighted by Crippen LogP contribution is -2.11. The van der Waals surface area contributed by atoms with E-state index in [4.69, 9.17) is 11.6 Å². The first-order valence-electron chi connectivity index (χ1n) is 4.67.